The summed E-state index contributed by atoms with van der Waals surface area (Å²) in [6, 6.07) is 15.6. The molecule has 0 aliphatic heterocycles. The van der Waals surface area contributed by atoms with Crippen molar-refractivity contribution in [1.29, 1.82) is 0 Å². The molecule has 2 aromatic carbocycles. The van der Waals surface area contributed by atoms with E-state index in [2.05, 4.69) is 83.2 Å². The van der Waals surface area contributed by atoms with Gasteiger partial charge in [-0.15, -0.1) is 0 Å². The van der Waals surface area contributed by atoms with Crippen LogP contribution in [0.3, 0.4) is 0 Å². The Bertz CT molecular complexity index is 673. The Morgan fingerprint density at radius 2 is 1.77 bits per heavy atom. The molecule has 5 heteroatoms. The first-order valence-corrected chi connectivity index (χ1v) is 9.03. The van der Waals surface area contributed by atoms with E-state index in [1.165, 1.54) is 3.57 Å². The maximum Gasteiger partial charge on any atom is 0.384 e. The fourth-order valence-corrected chi connectivity index (χ4v) is 3.09. The number of carbonyl (C=O) groups is 1. The smallest absolute Gasteiger partial charge is 0.384 e. The third kappa shape index (κ3) is 8.57. The molecule has 0 N–H and O–H groups in total. The highest BCUT2D eigenvalue weighted by Crippen LogP contribution is 2.12. The van der Waals surface area contributed by atoms with Crippen molar-refractivity contribution in [3.05, 3.63) is 66.6 Å². The van der Waals surface area contributed by atoms with E-state index in [0.29, 0.717) is 6.61 Å². The maximum atomic E-state index is 10.9. The molecule has 0 bridgehead atoms. The van der Waals surface area contributed by atoms with Crippen LogP contribution in [0.25, 0.3) is 0 Å². The highest BCUT2D eigenvalue weighted by atomic mass is 127. The SMILES string of the molecule is Brc1cccc(I)c1.CCOC(=O)C#Cc1cccc(Br)c1. The Kier molecular flexibility index (Phi) is 9.44. The van der Waals surface area contributed by atoms with Crippen LogP contribution in [-0.4, -0.2) is 12.6 Å². The Balaban J connectivity index is 0.000000255. The second kappa shape index (κ2) is 10.8. The van der Waals surface area contributed by atoms with Crippen LogP contribution in [0.1, 0.15) is 12.5 Å². The van der Waals surface area contributed by atoms with Crippen LogP contribution >= 0.6 is 54.5 Å². The molecular weight excluding hydrogens is 523 g/mol. The first-order chi connectivity index (χ1) is 10.5. The Morgan fingerprint density at radius 3 is 2.27 bits per heavy atom. The zero-order chi connectivity index (χ0) is 16.4. The minimum absolute atomic E-state index is 0.353. The lowest BCUT2D eigenvalue weighted by atomic mass is 10.2. The average molecular weight is 536 g/mol. The maximum absolute atomic E-state index is 10.9. The number of hydrogen-bond donors (Lipinski definition) is 0. The number of rotatable bonds is 1. The van der Waals surface area contributed by atoms with Gasteiger partial charge in [0.1, 0.15) is 0 Å². The topological polar surface area (TPSA) is 26.3 Å². The molecule has 0 radical (unpaired) electrons. The summed E-state index contributed by atoms with van der Waals surface area (Å²) in [5, 5.41) is 0. The second-order valence-corrected chi connectivity index (χ2v) is 7.00. The fraction of sp³-hybridized carbons (Fsp3) is 0.118. The lowest BCUT2D eigenvalue weighted by Gasteiger charge is -1.92. The molecule has 0 fully saturated rings. The monoisotopic (exact) mass is 534 g/mol. The van der Waals surface area contributed by atoms with Gasteiger partial charge in [0.25, 0.3) is 0 Å². The quantitative estimate of drug-likeness (QED) is 0.277. The molecule has 0 spiro atoms. The van der Waals surface area contributed by atoms with Crippen LogP contribution in [0.5, 0.6) is 0 Å². The summed E-state index contributed by atoms with van der Waals surface area (Å²) in [5.74, 6) is 4.62. The lowest BCUT2D eigenvalue weighted by Crippen LogP contribution is -1.99. The lowest BCUT2D eigenvalue weighted by molar-refractivity contribution is -0.136. The molecule has 0 heterocycles. The van der Waals surface area contributed by atoms with Crippen molar-refractivity contribution in [2.45, 2.75) is 6.92 Å². The zero-order valence-corrected chi connectivity index (χ0v) is 17.1. The van der Waals surface area contributed by atoms with Crippen molar-refractivity contribution < 1.29 is 9.53 Å². The Labute approximate surface area is 161 Å². The van der Waals surface area contributed by atoms with Crippen molar-refractivity contribution in [2.75, 3.05) is 6.61 Å². The molecular formula is C17H13Br2IO2. The van der Waals surface area contributed by atoms with Crippen LogP contribution in [0, 0.1) is 15.4 Å². The van der Waals surface area contributed by atoms with E-state index >= 15 is 0 Å². The minimum atomic E-state index is -0.493. The van der Waals surface area contributed by atoms with E-state index in [9.17, 15) is 4.79 Å². The van der Waals surface area contributed by atoms with Gasteiger partial charge in [0.2, 0.25) is 0 Å². The predicted molar refractivity (Wildman–Crippen MR) is 105 cm³/mol. The zero-order valence-electron chi connectivity index (χ0n) is 11.8. The molecule has 0 amide bonds. The van der Waals surface area contributed by atoms with Gasteiger partial charge in [0.05, 0.1) is 6.61 Å². The first kappa shape index (κ1) is 19.2. The molecule has 0 aliphatic rings. The summed E-state index contributed by atoms with van der Waals surface area (Å²) in [6.07, 6.45) is 0. The van der Waals surface area contributed by atoms with E-state index in [-0.39, 0.29) is 0 Å². The van der Waals surface area contributed by atoms with E-state index in [1.54, 1.807) is 6.92 Å². The van der Waals surface area contributed by atoms with E-state index in [1.807, 2.05) is 36.4 Å². The van der Waals surface area contributed by atoms with Gasteiger partial charge in [-0.2, -0.15) is 0 Å². The summed E-state index contributed by atoms with van der Waals surface area (Å²) in [4.78, 5) is 10.9. The van der Waals surface area contributed by atoms with Gasteiger partial charge in [-0.1, -0.05) is 49.9 Å². The van der Waals surface area contributed by atoms with E-state index < -0.39 is 5.97 Å². The summed E-state index contributed by atoms with van der Waals surface area (Å²) >= 11 is 8.95. The largest absolute Gasteiger partial charge is 0.456 e. The molecule has 114 valence electrons. The Morgan fingerprint density at radius 1 is 1.14 bits per heavy atom. The van der Waals surface area contributed by atoms with Crippen molar-refractivity contribution in [1.82, 2.24) is 0 Å². The van der Waals surface area contributed by atoms with Gasteiger partial charge in [-0.05, 0) is 65.9 Å². The van der Waals surface area contributed by atoms with Crippen LogP contribution in [0.4, 0.5) is 0 Å². The number of ether oxygens (including phenoxy) is 1. The van der Waals surface area contributed by atoms with Crippen molar-refractivity contribution in [3.63, 3.8) is 0 Å². The fourth-order valence-electron chi connectivity index (χ4n) is 1.32. The molecule has 0 aromatic heterocycles. The van der Waals surface area contributed by atoms with Gasteiger partial charge in [0, 0.05) is 24.0 Å². The molecule has 0 unspecified atom stereocenters. The minimum Gasteiger partial charge on any atom is -0.456 e. The number of benzene rings is 2. The summed E-state index contributed by atoms with van der Waals surface area (Å²) in [6.45, 7) is 2.10. The van der Waals surface area contributed by atoms with Crippen molar-refractivity contribution >= 4 is 60.4 Å². The molecule has 2 rings (SSSR count). The van der Waals surface area contributed by atoms with Crippen LogP contribution in [0.15, 0.2) is 57.5 Å². The van der Waals surface area contributed by atoms with Gasteiger partial charge < -0.3 is 4.74 Å². The summed E-state index contributed by atoms with van der Waals surface area (Å²) in [5.41, 5.74) is 0.785. The highest BCUT2D eigenvalue weighted by Gasteiger charge is 1.93. The van der Waals surface area contributed by atoms with Crippen molar-refractivity contribution in [2.24, 2.45) is 0 Å². The number of halogens is 3. The number of carbonyl (C=O) groups excluding carboxylic acids is 1. The molecule has 0 saturated heterocycles. The number of hydrogen-bond acceptors (Lipinski definition) is 2. The van der Waals surface area contributed by atoms with E-state index in [4.69, 9.17) is 0 Å². The molecule has 0 aliphatic carbocycles. The summed E-state index contributed by atoms with van der Waals surface area (Å²) in [7, 11) is 0. The Hall–Kier alpha value is -0.840. The van der Waals surface area contributed by atoms with Crippen LogP contribution in [0.2, 0.25) is 0 Å². The van der Waals surface area contributed by atoms with Gasteiger partial charge >= 0.3 is 5.97 Å². The van der Waals surface area contributed by atoms with Crippen LogP contribution in [-0.2, 0) is 9.53 Å². The van der Waals surface area contributed by atoms with Crippen molar-refractivity contribution in [3.8, 4) is 11.8 Å². The third-order valence-corrected chi connectivity index (χ3v) is 3.85. The van der Waals surface area contributed by atoms with Gasteiger partial charge in [-0.25, -0.2) is 4.79 Å². The molecule has 2 aromatic rings. The molecule has 2 nitrogen and oxygen atoms in total. The van der Waals surface area contributed by atoms with Gasteiger partial charge in [0.15, 0.2) is 0 Å². The number of esters is 1. The molecule has 22 heavy (non-hydrogen) atoms. The normalized spacial score (nSPS) is 8.91. The highest BCUT2D eigenvalue weighted by molar-refractivity contribution is 14.1. The first-order valence-electron chi connectivity index (χ1n) is 6.36. The molecule has 0 atom stereocenters. The van der Waals surface area contributed by atoms with Gasteiger partial charge in [-0.3, -0.25) is 0 Å². The standard InChI is InChI=1S/C11H9BrO2.C6H4BrI/c1-2-14-11(13)7-6-9-4-3-5-10(12)8-9;7-5-2-1-3-6(8)4-5/h3-5,8H,2H2,1H3;1-4H. The molecule has 0 saturated carbocycles. The second-order valence-electron chi connectivity index (χ2n) is 3.92. The predicted octanol–water partition coefficient (Wildman–Crippen LogP) is 5.42. The average Bonchev–Trinajstić information content (AvgIpc) is 2.46. The third-order valence-electron chi connectivity index (χ3n) is 2.20. The summed E-state index contributed by atoms with van der Waals surface area (Å²) < 4.78 is 8.01. The van der Waals surface area contributed by atoms with E-state index in [0.717, 1.165) is 14.5 Å². The van der Waals surface area contributed by atoms with Crippen LogP contribution < -0.4 is 0 Å².